The fourth-order valence-corrected chi connectivity index (χ4v) is 3.59. The van der Waals surface area contributed by atoms with Crippen LogP contribution < -0.4 is 10.2 Å². The van der Waals surface area contributed by atoms with Gasteiger partial charge in [0.15, 0.2) is 0 Å². The predicted octanol–water partition coefficient (Wildman–Crippen LogP) is 3.82. The number of hydrogen-bond acceptors (Lipinski definition) is 5. The minimum Gasteiger partial charge on any atom is -0.462 e. The number of nitrogens with zero attached hydrogens (tertiary/aromatic N) is 2. The van der Waals surface area contributed by atoms with Gasteiger partial charge in [0.1, 0.15) is 11.9 Å². The molecule has 0 aromatic heterocycles. The highest BCUT2D eigenvalue weighted by atomic mass is 19.1. The van der Waals surface area contributed by atoms with Gasteiger partial charge >= 0.3 is 12.0 Å². The molecule has 9 heteroatoms. The summed E-state index contributed by atoms with van der Waals surface area (Å²) >= 11 is 0. The average molecular weight is 455 g/mol. The van der Waals surface area contributed by atoms with E-state index in [4.69, 9.17) is 4.74 Å². The smallest absolute Gasteiger partial charge is 0.338 e. The molecule has 4 amide bonds. The Labute approximate surface area is 191 Å². The minimum atomic E-state index is -1.00. The van der Waals surface area contributed by atoms with Crippen LogP contribution in [-0.4, -0.2) is 47.9 Å². The zero-order valence-electron chi connectivity index (χ0n) is 18.7. The summed E-state index contributed by atoms with van der Waals surface area (Å²) in [5.41, 5.74) is 0.893. The van der Waals surface area contributed by atoms with Gasteiger partial charge in [-0.3, -0.25) is 9.59 Å². The van der Waals surface area contributed by atoms with Gasteiger partial charge in [0.2, 0.25) is 5.91 Å². The summed E-state index contributed by atoms with van der Waals surface area (Å²) < 4.78 is 18.3. The molecule has 3 rings (SSSR count). The molecule has 174 valence electrons. The van der Waals surface area contributed by atoms with Crippen molar-refractivity contribution >= 4 is 35.2 Å². The number of amides is 4. The fourth-order valence-electron chi connectivity index (χ4n) is 3.59. The number of benzene rings is 2. The molecular formula is C24H26FN3O5. The quantitative estimate of drug-likeness (QED) is 0.482. The Morgan fingerprint density at radius 2 is 1.82 bits per heavy atom. The minimum absolute atomic E-state index is 0.0572. The lowest BCUT2D eigenvalue weighted by atomic mass is 10.1. The van der Waals surface area contributed by atoms with Gasteiger partial charge < -0.3 is 15.0 Å². The Kier molecular flexibility index (Phi) is 7.42. The second kappa shape index (κ2) is 10.2. The van der Waals surface area contributed by atoms with Crippen LogP contribution in [0.15, 0.2) is 48.5 Å². The molecule has 0 radical (unpaired) electrons. The molecule has 1 N–H and O–H groups in total. The Morgan fingerprint density at radius 1 is 1.12 bits per heavy atom. The highest BCUT2D eigenvalue weighted by molar-refractivity contribution is 6.22. The summed E-state index contributed by atoms with van der Waals surface area (Å²) in [5.74, 6) is -1.98. The van der Waals surface area contributed by atoms with Crippen LogP contribution in [0.1, 0.15) is 37.6 Å². The molecule has 1 heterocycles. The molecule has 1 aliphatic heterocycles. The molecule has 1 saturated heterocycles. The van der Waals surface area contributed by atoms with Crippen LogP contribution in [0, 0.1) is 11.7 Å². The molecule has 0 spiro atoms. The van der Waals surface area contributed by atoms with Gasteiger partial charge in [0.05, 0.1) is 24.3 Å². The number of imide groups is 1. The first-order valence-corrected chi connectivity index (χ1v) is 10.7. The first-order chi connectivity index (χ1) is 15.7. The molecular weight excluding hydrogens is 429 g/mol. The zero-order valence-corrected chi connectivity index (χ0v) is 18.7. The molecule has 1 atom stereocenters. The highest BCUT2D eigenvalue weighted by Gasteiger charge is 2.46. The van der Waals surface area contributed by atoms with E-state index >= 15 is 0 Å². The SMILES string of the molecule is CCOC(=O)c1cccc(NC(=O)C[C@H]2C(=O)N(c3ccc(F)cc3)C(=O)N2CC(C)C)c1. The van der Waals surface area contributed by atoms with Gasteiger partial charge in [-0.2, -0.15) is 0 Å². The van der Waals surface area contributed by atoms with E-state index in [0.717, 1.165) is 4.90 Å². The number of nitrogens with one attached hydrogen (secondary N) is 1. The van der Waals surface area contributed by atoms with Crippen LogP contribution in [0.4, 0.5) is 20.6 Å². The highest BCUT2D eigenvalue weighted by Crippen LogP contribution is 2.28. The van der Waals surface area contributed by atoms with E-state index in [-0.39, 0.29) is 36.7 Å². The number of anilines is 2. The largest absolute Gasteiger partial charge is 0.462 e. The van der Waals surface area contributed by atoms with Crippen LogP contribution >= 0.6 is 0 Å². The standard InChI is InChI=1S/C24H26FN3O5/c1-4-33-23(31)16-6-5-7-18(12-16)26-21(29)13-20-22(30)28(19-10-8-17(25)9-11-19)24(32)27(20)14-15(2)3/h5-12,15,20H,4,13-14H2,1-3H3,(H,26,29)/t20-/m0/s1. The molecule has 2 aromatic rings. The molecule has 0 bridgehead atoms. The maximum absolute atomic E-state index is 13.3. The molecule has 33 heavy (non-hydrogen) atoms. The Bertz CT molecular complexity index is 1050. The van der Waals surface area contributed by atoms with E-state index in [1.165, 1.54) is 35.2 Å². The first-order valence-electron chi connectivity index (χ1n) is 10.7. The Balaban J connectivity index is 1.78. The number of hydrogen-bond donors (Lipinski definition) is 1. The summed E-state index contributed by atoms with van der Waals surface area (Å²) in [4.78, 5) is 53.2. The summed E-state index contributed by atoms with van der Waals surface area (Å²) in [5, 5.41) is 2.67. The molecule has 0 unspecified atom stereocenters. The van der Waals surface area contributed by atoms with Crippen molar-refractivity contribution in [2.75, 3.05) is 23.4 Å². The van der Waals surface area contributed by atoms with Gasteiger partial charge in [0, 0.05) is 12.2 Å². The van der Waals surface area contributed by atoms with E-state index < -0.39 is 35.7 Å². The van der Waals surface area contributed by atoms with Crippen LogP contribution in [0.5, 0.6) is 0 Å². The number of esters is 1. The van der Waals surface area contributed by atoms with E-state index in [0.29, 0.717) is 5.69 Å². The molecule has 8 nitrogen and oxygen atoms in total. The van der Waals surface area contributed by atoms with Crippen molar-refractivity contribution in [3.8, 4) is 0 Å². The maximum atomic E-state index is 13.3. The van der Waals surface area contributed by atoms with Gasteiger partial charge in [-0.05, 0) is 55.3 Å². The van der Waals surface area contributed by atoms with Gasteiger partial charge in [-0.15, -0.1) is 0 Å². The second-order valence-electron chi connectivity index (χ2n) is 8.05. The van der Waals surface area contributed by atoms with Crippen molar-refractivity contribution in [2.45, 2.75) is 33.2 Å². The van der Waals surface area contributed by atoms with E-state index in [1.54, 1.807) is 25.1 Å². The first kappa shape index (κ1) is 23.9. The van der Waals surface area contributed by atoms with Gasteiger partial charge in [-0.1, -0.05) is 19.9 Å². The average Bonchev–Trinajstić information content (AvgIpc) is 2.98. The molecule has 0 aliphatic carbocycles. The van der Waals surface area contributed by atoms with Crippen molar-refractivity contribution < 1.29 is 28.3 Å². The van der Waals surface area contributed by atoms with Crippen molar-refractivity contribution in [2.24, 2.45) is 5.92 Å². The fraction of sp³-hybridized carbons (Fsp3) is 0.333. The maximum Gasteiger partial charge on any atom is 0.338 e. The van der Waals surface area contributed by atoms with E-state index in [9.17, 15) is 23.6 Å². The van der Waals surface area contributed by atoms with Crippen LogP contribution in [0.25, 0.3) is 0 Å². The zero-order chi connectivity index (χ0) is 24.1. The van der Waals surface area contributed by atoms with Gasteiger partial charge in [-0.25, -0.2) is 18.9 Å². The van der Waals surface area contributed by atoms with Crippen LogP contribution in [-0.2, 0) is 14.3 Å². The van der Waals surface area contributed by atoms with Crippen LogP contribution in [0.2, 0.25) is 0 Å². The van der Waals surface area contributed by atoms with E-state index in [2.05, 4.69) is 5.32 Å². The number of carbonyl (C=O) groups is 4. The molecule has 2 aromatic carbocycles. The monoisotopic (exact) mass is 455 g/mol. The van der Waals surface area contributed by atoms with E-state index in [1.807, 2.05) is 13.8 Å². The lowest BCUT2D eigenvalue weighted by molar-refractivity contribution is -0.124. The molecule has 0 saturated carbocycles. The molecule has 1 fully saturated rings. The van der Waals surface area contributed by atoms with Crippen LogP contribution in [0.3, 0.4) is 0 Å². The third kappa shape index (κ3) is 5.54. The second-order valence-corrected chi connectivity index (χ2v) is 8.05. The number of halogens is 1. The number of rotatable bonds is 8. The topological polar surface area (TPSA) is 96.0 Å². The Morgan fingerprint density at radius 3 is 2.45 bits per heavy atom. The summed E-state index contributed by atoms with van der Waals surface area (Å²) in [7, 11) is 0. The lowest BCUT2D eigenvalue weighted by Gasteiger charge is -2.23. The van der Waals surface area contributed by atoms with Crippen molar-refractivity contribution in [1.29, 1.82) is 0 Å². The summed E-state index contributed by atoms with van der Waals surface area (Å²) in [6.07, 6.45) is -0.265. The number of ether oxygens (including phenoxy) is 1. The Hall–Kier alpha value is -3.75. The third-order valence-corrected chi connectivity index (χ3v) is 5.00. The van der Waals surface area contributed by atoms with Crippen molar-refractivity contribution in [3.05, 3.63) is 59.9 Å². The number of carbonyl (C=O) groups excluding carboxylic acids is 4. The lowest BCUT2D eigenvalue weighted by Crippen LogP contribution is -2.40. The van der Waals surface area contributed by atoms with Gasteiger partial charge in [0.25, 0.3) is 5.91 Å². The summed E-state index contributed by atoms with van der Waals surface area (Å²) in [6, 6.07) is 9.74. The third-order valence-electron chi connectivity index (χ3n) is 5.00. The molecule has 1 aliphatic rings. The predicted molar refractivity (Wildman–Crippen MR) is 120 cm³/mol. The van der Waals surface area contributed by atoms with Crippen molar-refractivity contribution in [1.82, 2.24) is 4.90 Å². The number of urea groups is 1. The summed E-state index contributed by atoms with van der Waals surface area (Å²) in [6.45, 7) is 6.00. The normalized spacial score (nSPS) is 15.8. The van der Waals surface area contributed by atoms with Crippen molar-refractivity contribution in [3.63, 3.8) is 0 Å².